The van der Waals surface area contributed by atoms with Gasteiger partial charge in [-0.25, -0.2) is 0 Å². The van der Waals surface area contributed by atoms with Gasteiger partial charge < -0.3 is 14.7 Å². The van der Waals surface area contributed by atoms with E-state index >= 15 is 0 Å². The van der Waals surface area contributed by atoms with E-state index in [4.69, 9.17) is 9.84 Å². The zero-order chi connectivity index (χ0) is 13.5. The van der Waals surface area contributed by atoms with E-state index in [-0.39, 0.29) is 25.1 Å². The van der Waals surface area contributed by atoms with Gasteiger partial charge in [0.1, 0.15) is 0 Å². The van der Waals surface area contributed by atoms with Crippen LogP contribution in [0.5, 0.6) is 0 Å². The molecule has 0 aromatic heterocycles. The molecule has 102 valence electrons. The van der Waals surface area contributed by atoms with Crippen molar-refractivity contribution >= 4 is 11.9 Å². The molecule has 1 atom stereocenters. The van der Waals surface area contributed by atoms with Gasteiger partial charge in [-0.2, -0.15) is 0 Å². The molecule has 0 saturated carbocycles. The summed E-state index contributed by atoms with van der Waals surface area (Å²) in [5.41, 5.74) is 0. The van der Waals surface area contributed by atoms with Crippen LogP contribution in [0.3, 0.4) is 0 Å². The zero-order valence-corrected chi connectivity index (χ0v) is 10.7. The lowest BCUT2D eigenvalue weighted by Gasteiger charge is -2.32. The second-order valence-corrected chi connectivity index (χ2v) is 4.37. The average Bonchev–Trinajstić information content (AvgIpc) is 2.28. The summed E-state index contributed by atoms with van der Waals surface area (Å²) in [6, 6.07) is 0. The molecule has 0 aromatic carbocycles. The molecule has 1 fully saturated rings. The number of aliphatic carboxylic acids is 1. The standard InChI is InChI=1S/C12H20N2O4/c1-3-4-13(9-12(16)17)8-11(15)14-5-6-18-10(2)7-14/h3,10H,1,4-9H2,2H3,(H,16,17). The maximum atomic E-state index is 12.0. The van der Waals surface area contributed by atoms with Crippen molar-refractivity contribution in [2.24, 2.45) is 0 Å². The highest BCUT2D eigenvalue weighted by Crippen LogP contribution is 2.05. The molecule has 18 heavy (non-hydrogen) atoms. The highest BCUT2D eigenvalue weighted by molar-refractivity contribution is 5.79. The van der Waals surface area contributed by atoms with Gasteiger partial charge >= 0.3 is 5.97 Å². The van der Waals surface area contributed by atoms with Crippen molar-refractivity contribution < 1.29 is 19.4 Å². The van der Waals surface area contributed by atoms with Gasteiger partial charge in [0.15, 0.2) is 0 Å². The molecule has 1 rings (SSSR count). The van der Waals surface area contributed by atoms with E-state index in [1.54, 1.807) is 15.9 Å². The molecule has 1 unspecified atom stereocenters. The summed E-state index contributed by atoms with van der Waals surface area (Å²) in [4.78, 5) is 26.0. The monoisotopic (exact) mass is 256 g/mol. The summed E-state index contributed by atoms with van der Waals surface area (Å²) >= 11 is 0. The lowest BCUT2D eigenvalue weighted by atomic mass is 10.3. The van der Waals surface area contributed by atoms with Crippen LogP contribution in [-0.4, -0.2) is 72.2 Å². The Bertz CT molecular complexity index is 319. The molecule has 6 nitrogen and oxygen atoms in total. The smallest absolute Gasteiger partial charge is 0.317 e. The Balaban J connectivity index is 2.48. The molecule has 1 aliphatic heterocycles. The van der Waals surface area contributed by atoms with Gasteiger partial charge in [-0.05, 0) is 6.92 Å². The number of nitrogens with zero attached hydrogens (tertiary/aromatic N) is 2. The lowest BCUT2D eigenvalue weighted by Crippen LogP contribution is -2.49. The number of carboxylic acid groups (broad SMARTS) is 1. The highest BCUT2D eigenvalue weighted by Gasteiger charge is 2.23. The molecule has 0 aliphatic carbocycles. The number of hydrogen-bond acceptors (Lipinski definition) is 4. The van der Waals surface area contributed by atoms with Crippen LogP contribution in [0.15, 0.2) is 12.7 Å². The molecule has 1 heterocycles. The van der Waals surface area contributed by atoms with Crippen molar-refractivity contribution in [3.8, 4) is 0 Å². The number of carbonyl (C=O) groups is 2. The number of carbonyl (C=O) groups excluding carboxylic acids is 1. The Labute approximate surface area is 107 Å². The summed E-state index contributed by atoms with van der Waals surface area (Å²) < 4.78 is 5.36. The molecule has 1 aliphatic rings. The van der Waals surface area contributed by atoms with Crippen molar-refractivity contribution in [3.63, 3.8) is 0 Å². The number of hydrogen-bond donors (Lipinski definition) is 1. The van der Waals surface area contributed by atoms with E-state index in [0.29, 0.717) is 26.2 Å². The van der Waals surface area contributed by atoms with Crippen LogP contribution in [0.25, 0.3) is 0 Å². The molecule has 0 bridgehead atoms. The van der Waals surface area contributed by atoms with Crippen LogP contribution in [0.1, 0.15) is 6.92 Å². The van der Waals surface area contributed by atoms with Crippen molar-refractivity contribution in [1.82, 2.24) is 9.80 Å². The number of ether oxygens (including phenoxy) is 1. The van der Waals surface area contributed by atoms with Gasteiger partial charge in [0.25, 0.3) is 0 Å². The molecular weight excluding hydrogens is 236 g/mol. The van der Waals surface area contributed by atoms with E-state index < -0.39 is 5.97 Å². The second-order valence-electron chi connectivity index (χ2n) is 4.37. The Morgan fingerprint density at radius 2 is 2.28 bits per heavy atom. The minimum Gasteiger partial charge on any atom is -0.480 e. The third-order valence-corrected chi connectivity index (χ3v) is 2.70. The van der Waals surface area contributed by atoms with Gasteiger partial charge in [0.05, 0.1) is 25.8 Å². The molecule has 0 aromatic rings. The first-order valence-corrected chi connectivity index (χ1v) is 5.97. The molecule has 0 spiro atoms. The van der Waals surface area contributed by atoms with Crippen molar-refractivity contribution in [1.29, 1.82) is 0 Å². The number of morpholine rings is 1. The largest absolute Gasteiger partial charge is 0.480 e. The summed E-state index contributed by atoms with van der Waals surface area (Å²) in [5.74, 6) is -1.01. The van der Waals surface area contributed by atoms with Crippen LogP contribution in [-0.2, 0) is 14.3 Å². The third kappa shape index (κ3) is 4.85. The van der Waals surface area contributed by atoms with Crippen molar-refractivity contribution in [2.75, 3.05) is 39.3 Å². The quantitative estimate of drug-likeness (QED) is 0.667. The van der Waals surface area contributed by atoms with Gasteiger partial charge in [-0.1, -0.05) is 6.08 Å². The maximum Gasteiger partial charge on any atom is 0.317 e. The van der Waals surface area contributed by atoms with Crippen molar-refractivity contribution in [2.45, 2.75) is 13.0 Å². The van der Waals surface area contributed by atoms with Gasteiger partial charge in [0.2, 0.25) is 5.91 Å². The summed E-state index contributed by atoms with van der Waals surface area (Å²) in [6.07, 6.45) is 1.63. The first-order chi connectivity index (χ1) is 8.52. The summed E-state index contributed by atoms with van der Waals surface area (Å²) in [7, 11) is 0. The van der Waals surface area contributed by atoms with Crippen LogP contribution in [0, 0.1) is 0 Å². The fourth-order valence-electron chi connectivity index (χ4n) is 1.90. The Morgan fingerprint density at radius 1 is 1.56 bits per heavy atom. The van der Waals surface area contributed by atoms with Gasteiger partial charge in [0, 0.05) is 19.6 Å². The predicted molar refractivity (Wildman–Crippen MR) is 66.3 cm³/mol. The fourth-order valence-corrected chi connectivity index (χ4v) is 1.90. The third-order valence-electron chi connectivity index (χ3n) is 2.70. The summed E-state index contributed by atoms with van der Waals surface area (Å²) in [5, 5.41) is 8.75. The summed E-state index contributed by atoms with van der Waals surface area (Å²) in [6.45, 7) is 7.47. The Kier molecular flexibility index (Phi) is 5.80. The van der Waals surface area contributed by atoms with Crippen molar-refractivity contribution in [3.05, 3.63) is 12.7 Å². The van der Waals surface area contributed by atoms with E-state index in [9.17, 15) is 9.59 Å². The molecule has 0 radical (unpaired) electrons. The fraction of sp³-hybridized carbons (Fsp3) is 0.667. The van der Waals surface area contributed by atoms with Crippen LogP contribution in [0.4, 0.5) is 0 Å². The lowest BCUT2D eigenvalue weighted by molar-refractivity contribution is -0.142. The minimum atomic E-state index is -0.944. The minimum absolute atomic E-state index is 0.0371. The maximum absolute atomic E-state index is 12.0. The second kappa shape index (κ2) is 7.13. The first kappa shape index (κ1) is 14.7. The number of amides is 1. The topological polar surface area (TPSA) is 70.1 Å². The van der Waals surface area contributed by atoms with E-state index in [1.165, 1.54) is 0 Å². The van der Waals surface area contributed by atoms with E-state index in [0.717, 1.165) is 0 Å². The van der Waals surface area contributed by atoms with Gasteiger partial charge in [-0.3, -0.25) is 14.5 Å². The van der Waals surface area contributed by atoms with Gasteiger partial charge in [-0.15, -0.1) is 6.58 Å². The average molecular weight is 256 g/mol. The van der Waals surface area contributed by atoms with E-state index in [1.807, 2.05) is 6.92 Å². The molecule has 1 N–H and O–H groups in total. The zero-order valence-electron chi connectivity index (χ0n) is 10.7. The molecular formula is C12H20N2O4. The van der Waals surface area contributed by atoms with Crippen LogP contribution in [0.2, 0.25) is 0 Å². The Hall–Kier alpha value is -1.40. The van der Waals surface area contributed by atoms with Crippen LogP contribution >= 0.6 is 0 Å². The molecule has 1 saturated heterocycles. The van der Waals surface area contributed by atoms with Crippen LogP contribution < -0.4 is 0 Å². The number of rotatable bonds is 6. The molecule has 6 heteroatoms. The number of carboxylic acids is 1. The highest BCUT2D eigenvalue weighted by atomic mass is 16.5. The molecule has 1 amide bonds. The normalized spacial score (nSPS) is 19.9. The Morgan fingerprint density at radius 3 is 2.83 bits per heavy atom. The van der Waals surface area contributed by atoms with E-state index in [2.05, 4.69) is 6.58 Å². The SMILES string of the molecule is C=CCN(CC(=O)O)CC(=O)N1CCOC(C)C1. The first-order valence-electron chi connectivity index (χ1n) is 5.97. The predicted octanol–water partition coefficient (Wildman–Crippen LogP) is -0.194.